The summed E-state index contributed by atoms with van der Waals surface area (Å²) >= 11 is 3.42. The largest absolute Gasteiger partial charge is 0.372 e. The van der Waals surface area contributed by atoms with Gasteiger partial charge in [-0.2, -0.15) is 0 Å². The van der Waals surface area contributed by atoms with Crippen molar-refractivity contribution in [2.24, 2.45) is 5.41 Å². The Bertz CT molecular complexity index is 190. The lowest BCUT2D eigenvalue weighted by atomic mass is 9.94. The molecular formula is C10H17BrO3. The van der Waals surface area contributed by atoms with Crippen molar-refractivity contribution in [3.63, 3.8) is 0 Å². The van der Waals surface area contributed by atoms with E-state index in [0.717, 1.165) is 38.0 Å². The van der Waals surface area contributed by atoms with E-state index in [1.165, 1.54) is 0 Å². The highest BCUT2D eigenvalue weighted by molar-refractivity contribution is 9.09. The number of hydrogen-bond donors (Lipinski definition) is 0. The molecule has 82 valence electrons. The van der Waals surface area contributed by atoms with Crippen LogP contribution >= 0.6 is 15.9 Å². The smallest absolute Gasteiger partial charge is 0.183 e. The quantitative estimate of drug-likeness (QED) is 0.730. The monoisotopic (exact) mass is 264 g/mol. The molecule has 3 rings (SSSR count). The summed E-state index contributed by atoms with van der Waals surface area (Å²) in [6, 6.07) is 0. The highest BCUT2D eigenvalue weighted by Gasteiger charge is 2.41. The molecular weight excluding hydrogens is 248 g/mol. The summed E-state index contributed by atoms with van der Waals surface area (Å²) in [4.78, 5) is 0. The second kappa shape index (κ2) is 4.47. The molecule has 3 aliphatic heterocycles. The Morgan fingerprint density at radius 3 is 2.50 bits per heavy atom. The van der Waals surface area contributed by atoms with E-state index >= 15 is 0 Å². The van der Waals surface area contributed by atoms with E-state index in [4.69, 9.17) is 14.2 Å². The summed E-state index contributed by atoms with van der Waals surface area (Å²) in [5, 5.41) is 1.01. The van der Waals surface area contributed by atoms with Crippen molar-refractivity contribution in [3.05, 3.63) is 0 Å². The van der Waals surface area contributed by atoms with Gasteiger partial charge in [-0.05, 0) is 12.8 Å². The van der Waals surface area contributed by atoms with Crippen LogP contribution in [0.1, 0.15) is 19.8 Å². The van der Waals surface area contributed by atoms with Gasteiger partial charge < -0.3 is 14.2 Å². The van der Waals surface area contributed by atoms with Gasteiger partial charge in [0, 0.05) is 10.7 Å². The summed E-state index contributed by atoms with van der Waals surface area (Å²) in [5.41, 5.74) is 0.0691. The average Bonchev–Trinajstić information content (AvgIpc) is 2.44. The van der Waals surface area contributed by atoms with Gasteiger partial charge in [0.25, 0.3) is 0 Å². The minimum atomic E-state index is -0.135. The first-order valence-corrected chi connectivity index (χ1v) is 6.26. The van der Waals surface area contributed by atoms with Crippen LogP contribution in [-0.2, 0) is 14.2 Å². The van der Waals surface area contributed by atoms with Crippen LogP contribution in [0.2, 0.25) is 0 Å². The third-order valence-corrected chi connectivity index (χ3v) is 3.32. The summed E-state index contributed by atoms with van der Waals surface area (Å²) < 4.78 is 17.1. The van der Waals surface area contributed by atoms with Gasteiger partial charge in [-0.1, -0.05) is 22.9 Å². The van der Waals surface area contributed by atoms with Gasteiger partial charge in [0.1, 0.15) is 6.10 Å². The molecule has 3 aliphatic rings. The van der Waals surface area contributed by atoms with Gasteiger partial charge in [-0.15, -0.1) is 0 Å². The average molecular weight is 265 g/mol. The molecule has 0 N–H and O–H groups in total. The van der Waals surface area contributed by atoms with Crippen LogP contribution in [0.5, 0.6) is 0 Å². The maximum atomic E-state index is 5.82. The zero-order valence-electron chi connectivity index (χ0n) is 8.50. The molecule has 1 unspecified atom stereocenters. The first-order valence-electron chi connectivity index (χ1n) is 5.14. The SMILES string of the molecule is CC12COC(CCCBr)C(OC1)OC2. The second-order valence-corrected chi connectivity index (χ2v) is 5.27. The highest BCUT2D eigenvalue weighted by Crippen LogP contribution is 2.32. The normalized spacial score (nSPS) is 42.4. The number of rotatable bonds is 3. The van der Waals surface area contributed by atoms with E-state index in [1.807, 2.05) is 0 Å². The molecule has 2 bridgehead atoms. The maximum absolute atomic E-state index is 5.82. The maximum Gasteiger partial charge on any atom is 0.183 e. The van der Waals surface area contributed by atoms with Crippen LogP contribution in [0.4, 0.5) is 0 Å². The zero-order chi connectivity index (χ0) is 10.0. The third-order valence-electron chi connectivity index (χ3n) is 2.76. The minimum absolute atomic E-state index is 0.0691. The van der Waals surface area contributed by atoms with E-state index in [2.05, 4.69) is 22.9 Å². The van der Waals surface area contributed by atoms with Crippen LogP contribution in [0, 0.1) is 5.41 Å². The molecule has 0 saturated carbocycles. The Labute approximate surface area is 93.2 Å². The molecule has 3 saturated heterocycles. The van der Waals surface area contributed by atoms with E-state index in [9.17, 15) is 0 Å². The summed E-state index contributed by atoms with van der Waals surface area (Å²) in [7, 11) is 0. The van der Waals surface area contributed by atoms with Crippen molar-refractivity contribution in [2.75, 3.05) is 25.2 Å². The molecule has 1 atom stereocenters. The molecule has 4 heteroatoms. The first kappa shape index (κ1) is 10.9. The second-order valence-electron chi connectivity index (χ2n) is 4.48. The Hall–Kier alpha value is 0.360. The lowest BCUT2D eigenvalue weighted by Gasteiger charge is -2.32. The zero-order valence-corrected chi connectivity index (χ0v) is 10.1. The summed E-state index contributed by atoms with van der Waals surface area (Å²) in [6.07, 6.45) is 2.10. The predicted octanol–water partition coefficient (Wildman–Crippen LogP) is 1.94. The van der Waals surface area contributed by atoms with Gasteiger partial charge in [0.2, 0.25) is 0 Å². The van der Waals surface area contributed by atoms with Crippen molar-refractivity contribution in [2.45, 2.75) is 32.2 Å². The molecule has 3 nitrogen and oxygen atoms in total. The lowest BCUT2D eigenvalue weighted by Crippen LogP contribution is -2.40. The molecule has 0 aromatic heterocycles. The number of ether oxygens (including phenoxy) is 3. The molecule has 0 aliphatic carbocycles. The summed E-state index contributed by atoms with van der Waals surface area (Å²) in [5.74, 6) is 0. The summed E-state index contributed by atoms with van der Waals surface area (Å²) in [6.45, 7) is 4.44. The highest BCUT2D eigenvalue weighted by atomic mass is 79.9. The van der Waals surface area contributed by atoms with Gasteiger partial charge in [-0.25, -0.2) is 0 Å². The molecule has 3 fully saturated rings. The predicted molar refractivity (Wildman–Crippen MR) is 56.6 cm³/mol. The van der Waals surface area contributed by atoms with E-state index < -0.39 is 0 Å². The topological polar surface area (TPSA) is 27.7 Å². The standard InChI is InChI=1S/C10H17BrO3/c1-10-5-12-8(3-2-4-11)9(13-6-10)14-7-10/h8-9H,2-7H2,1H3. The van der Waals surface area contributed by atoms with Gasteiger partial charge in [-0.3, -0.25) is 0 Å². The first-order chi connectivity index (χ1) is 6.73. The van der Waals surface area contributed by atoms with Crippen molar-refractivity contribution >= 4 is 15.9 Å². The van der Waals surface area contributed by atoms with E-state index in [1.54, 1.807) is 0 Å². The van der Waals surface area contributed by atoms with Crippen molar-refractivity contribution in [3.8, 4) is 0 Å². The van der Waals surface area contributed by atoms with E-state index in [-0.39, 0.29) is 17.8 Å². The number of halogens is 1. The molecule has 0 spiro atoms. The van der Waals surface area contributed by atoms with Crippen molar-refractivity contribution in [1.82, 2.24) is 0 Å². The van der Waals surface area contributed by atoms with Crippen LogP contribution < -0.4 is 0 Å². The lowest BCUT2D eigenvalue weighted by molar-refractivity contribution is -0.226. The fourth-order valence-electron chi connectivity index (χ4n) is 1.84. The fourth-order valence-corrected chi connectivity index (χ4v) is 2.16. The molecule has 0 amide bonds. The Morgan fingerprint density at radius 1 is 1.21 bits per heavy atom. The van der Waals surface area contributed by atoms with Crippen molar-refractivity contribution in [1.29, 1.82) is 0 Å². The fraction of sp³-hybridized carbons (Fsp3) is 1.00. The van der Waals surface area contributed by atoms with Crippen molar-refractivity contribution < 1.29 is 14.2 Å². The van der Waals surface area contributed by atoms with Crippen LogP contribution in [0.15, 0.2) is 0 Å². The molecule has 0 aromatic carbocycles. The van der Waals surface area contributed by atoms with Gasteiger partial charge >= 0.3 is 0 Å². The molecule has 3 heterocycles. The Kier molecular flexibility index (Phi) is 3.47. The van der Waals surface area contributed by atoms with Crippen LogP contribution in [0.25, 0.3) is 0 Å². The van der Waals surface area contributed by atoms with E-state index in [0.29, 0.717) is 0 Å². The third kappa shape index (κ3) is 2.30. The van der Waals surface area contributed by atoms with Crippen LogP contribution in [0.3, 0.4) is 0 Å². The number of hydrogen-bond acceptors (Lipinski definition) is 3. The van der Waals surface area contributed by atoms with Gasteiger partial charge in [0.05, 0.1) is 19.8 Å². The van der Waals surface area contributed by atoms with Crippen LogP contribution in [-0.4, -0.2) is 37.5 Å². The minimum Gasteiger partial charge on any atom is -0.372 e. The Morgan fingerprint density at radius 2 is 1.86 bits per heavy atom. The van der Waals surface area contributed by atoms with Gasteiger partial charge in [0.15, 0.2) is 6.29 Å². The number of fused-ring (bicyclic) bond motifs is 4. The molecule has 0 radical (unpaired) electrons. The number of alkyl halides is 1. The molecule has 0 aromatic rings. The molecule has 14 heavy (non-hydrogen) atoms. The Balaban J connectivity index is 1.94.